The van der Waals surface area contributed by atoms with E-state index >= 15 is 0 Å². The second-order valence-corrected chi connectivity index (χ2v) is 2.54. The van der Waals surface area contributed by atoms with Crippen LogP contribution in [0.4, 0.5) is 0 Å². The Bertz CT molecular complexity index is 75.7. The van der Waals surface area contributed by atoms with Gasteiger partial charge in [-0.1, -0.05) is 19.8 Å². The van der Waals surface area contributed by atoms with Crippen LogP contribution in [0.3, 0.4) is 0 Å². The van der Waals surface area contributed by atoms with Crippen molar-refractivity contribution in [2.45, 2.75) is 38.9 Å². The molecule has 0 saturated carbocycles. The molecule has 11 heavy (non-hydrogen) atoms. The molecule has 0 aliphatic rings. The molecule has 0 aromatic rings. The first-order valence-corrected chi connectivity index (χ1v) is 4.21. The third kappa shape index (κ3) is 7.78. The van der Waals surface area contributed by atoms with Crippen molar-refractivity contribution in [1.29, 1.82) is 0 Å². The van der Waals surface area contributed by atoms with Crippen LogP contribution in [0.2, 0.25) is 0 Å². The van der Waals surface area contributed by atoms with E-state index in [1.165, 1.54) is 0 Å². The van der Waals surface area contributed by atoms with Gasteiger partial charge in [0.05, 0.1) is 0 Å². The molecular formula is C8H18O3. The first kappa shape index (κ1) is 10.9. The van der Waals surface area contributed by atoms with E-state index in [2.05, 4.69) is 6.92 Å². The number of unbranched alkanes of at least 4 members (excludes halogenated alkanes) is 2. The van der Waals surface area contributed by atoms with Gasteiger partial charge in [0, 0.05) is 19.6 Å². The molecule has 3 nitrogen and oxygen atoms in total. The lowest BCUT2D eigenvalue weighted by Crippen LogP contribution is -2.14. The summed E-state index contributed by atoms with van der Waals surface area (Å²) in [4.78, 5) is 0. The summed E-state index contributed by atoms with van der Waals surface area (Å²) in [6.07, 6.45) is 2.80. The Morgan fingerprint density at radius 3 is 2.64 bits per heavy atom. The zero-order valence-electron chi connectivity index (χ0n) is 7.12. The standard InChI is InChI=1S/C8H18O3/c1-2-3-4-7-11-8(10)5-6-9/h8-10H,2-7H2,1H3. The summed E-state index contributed by atoms with van der Waals surface area (Å²) in [7, 11) is 0. The maximum absolute atomic E-state index is 8.97. The SMILES string of the molecule is CCCCCOC(O)CCO. The smallest absolute Gasteiger partial charge is 0.156 e. The molecule has 0 heterocycles. The van der Waals surface area contributed by atoms with Gasteiger partial charge in [0.15, 0.2) is 6.29 Å². The molecular weight excluding hydrogens is 144 g/mol. The van der Waals surface area contributed by atoms with Gasteiger partial charge in [-0.2, -0.15) is 0 Å². The molecule has 1 unspecified atom stereocenters. The second-order valence-electron chi connectivity index (χ2n) is 2.54. The van der Waals surface area contributed by atoms with Gasteiger partial charge >= 0.3 is 0 Å². The maximum atomic E-state index is 8.97. The first-order chi connectivity index (χ1) is 5.31. The lowest BCUT2D eigenvalue weighted by atomic mass is 10.3. The molecule has 0 rings (SSSR count). The van der Waals surface area contributed by atoms with Crippen molar-refractivity contribution in [2.75, 3.05) is 13.2 Å². The van der Waals surface area contributed by atoms with Crippen molar-refractivity contribution in [3.8, 4) is 0 Å². The average Bonchev–Trinajstić information content (AvgIpc) is 1.99. The van der Waals surface area contributed by atoms with Gasteiger partial charge in [-0.05, 0) is 6.42 Å². The van der Waals surface area contributed by atoms with Crippen LogP contribution in [0.25, 0.3) is 0 Å². The fourth-order valence-electron chi connectivity index (χ4n) is 0.765. The lowest BCUT2D eigenvalue weighted by molar-refractivity contribution is -0.109. The van der Waals surface area contributed by atoms with Crippen molar-refractivity contribution < 1.29 is 14.9 Å². The van der Waals surface area contributed by atoms with Crippen LogP contribution in [-0.2, 0) is 4.74 Å². The maximum Gasteiger partial charge on any atom is 0.156 e. The molecule has 0 radical (unpaired) electrons. The predicted molar refractivity (Wildman–Crippen MR) is 43.2 cm³/mol. The summed E-state index contributed by atoms with van der Waals surface area (Å²) in [5, 5.41) is 17.4. The predicted octanol–water partition coefficient (Wildman–Crippen LogP) is 0.894. The van der Waals surface area contributed by atoms with Gasteiger partial charge in [0.2, 0.25) is 0 Å². The Morgan fingerprint density at radius 2 is 2.09 bits per heavy atom. The van der Waals surface area contributed by atoms with Gasteiger partial charge in [-0.3, -0.25) is 0 Å². The van der Waals surface area contributed by atoms with Crippen LogP contribution in [0.1, 0.15) is 32.6 Å². The van der Waals surface area contributed by atoms with Crippen molar-refractivity contribution in [3.05, 3.63) is 0 Å². The van der Waals surface area contributed by atoms with Gasteiger partial charge in [-0.15, -0.1) is 0 Å². The summed E-state index contributed by atoms with van der Waals surface area (Å²) in [6.45, 7) is 2.69. The van der Waals surface area contributed by atoms with E-state index in [-0.39, 0.29) is 6.61 Å². The fourth-order valence-corrected chi connectivity index (χ4v) is 0.765. The molecule has 0 aromatic heterocycles. The molecule has 0 amide bonds. The van der Waals surface area contributed by atoms with Crippen molar-refractivity contribution in [3.63, 3.8) is 0 Å². The summed E-state index contributed by atoms with van der Waals surface area (Å²) in [6, 6.07) is 0. The Hall–Kier alpha value is -0.120. The molecule has 68 valence electrons. The molecule has 0 aliphatic carbocycles. The quantitative estimate of drug-likeness (QED) is 0.432. The summed E-state index contributed by atoms with van der Waals surface area (Å²) >= 11 is 0. The summed E-state index contributed by atoms with van der Waals surface area (Å²) in [5.41, 5.74) is 0. The van der Waals surface area contributed by atoms with Gasteiger partial charge in [0.1, 0.15) is 0 Å². The van der Waals surface area contributed by atoms with E-state index < -0.39 is 6.29 Å². The van der Waals surface area contributed by atoms with E-state index in [0.717, 1.165) is 19.3 Å². The number of aliphatic hydroxyl groups is 2. The molecule has 3 heteroatoms. The van der Waals surface area contributed by atoms with Crippen molar-refractivity contribution in [2.24, 2.45) is 0 Å². The highest BCUT2D eigenvalue weighted by atomic mass is 16.6. The van der Waals surface area contributed by atoms with Crippen molar-refractivity contribution in [1.82, 2.24) is 0 Å². The molecule has 0 aliphatic heterocycles. The van der Waals surface area contributed by atoms with Crippen LogP contribution < -0.4 is 0 Å². The van der Waals surface area contributed by atoms with E-state index in [9.17, 15) is 0 Å². The molecule has 0 saturated heterocycles. The summed E-state index contributed by atoms with van der Waals surface area (Å²) < 4.78 is 4.98. The zero-order chi connectivity index (χ0) is 8.53. The zero-order valence-corrected chi connectivity index (χ0v) is 7.12. The topological polar surface area (TPSA) is 49.7 Å². The number of aliphatic hydroxyl groups excluding tert-OH is 2. The third-order valence-electron chi connectivity index (χ3n) is 1.43. The fraction of sp³-hybridized carbons (Fsp3) is 1.00. The number of ether oxygens (including phenoxy) is 1. The minimum atomic E-state index is -0.781. The monoisotopic (exact) mass is 162 g/mol. The molecule has 0 bridgehead atoms. The second kappa shape index (κ2) is 7.98. The van der Waals surface area contributed by atoms with E-state index in [4.69, 9.17) is 14.9 Å². The minimum Gasteiger partial charge on any atom is -0.396 e. The van der Waals surface area contributed by atoms with Crippen LogP contribution in [-0.4, -0.2) is 29.7 Å². The van der Waals surface area contributed by atoms with Crippen molar-refractivity contribution >= 4 is 0 Å². The van der Waals surface area contributed by atoms with Crippen LogP contribution in [0.5, 0.6) is 0 Å². The molecule has 2 N–H and O–H groups in total. The van der Waals surface area contributed by atoms with Gasteiger partial charge < -0.3 is 14.9 Å². The normalized spacial score (nSPS) is 13.4. The highest BCUT2D eigenvalue weighted by Gasteiger charge is 2.00. The lowest BCUT2D eigenvalue weighted by Gasteiger charge is -2.09. The average molecular weight is 162 g/mol. The van der Waals surface area contributed by atoms with E-state index in [1.807, 2.05) is 0 Å². The molecule has 0 aromatic carbocycles. The van der Waals surface area contributed by atoms with E-state index in [1.54, 1.807) is 0 Å². The Kier molecular flexibility index (Phi) is 7.89. The van der Waals surface area contributed by atoms with E-state index in [0.29, 0.717) is 13.0 Å². The number of hydrogen-bond acceptors (Lipinski definition) is 3. The highest BCUT2D eigenvalue weighted by Crippen LogP contribution is 1.98. The Labute approximate surface area is 68.0 Å². The Balaban J connectivity index is 2.97. The van der Waals surface area contributed by atoms with Crippen LogP contribution >= 0.6 is 0 Å². The number of rotatable bonds is 7. The van der Waals surface area contributed by atoms with Gasteiger partial charge in [0.25, 0.3) is 0 Å². The number of hydrogen-bond donors (Lipinski definition) is 2. The molecule has 0 spiro atoms. The third-order valence-corrected chi connectivity index (χ3v) is 1.43. The first-order valence-electron chi connectivity index (χ1n) is 4.21. The van der Waals surface area contributed by atoms with Crippen LogP contribution in [0.15, 0.2) is 0 Å². The highest BCUT2D eigenvalue weighted by molar-refractivity contribution is 4.41. The van der Waals surface area contributed by atoms with Crippen LogP contribution in [0, 0.1) is 0 Å². The Morgan fingerprint density at radius 1 is 1.36 bits per heavy atom. The minimum absolute atomic E-state index is 0.0189. The van der Waals surface area contributed by atoms with Gasteiger partial charge in [-0.25, -0.2) is 0 Å². The largest absolute Gasteiger partial charge is 0.396 e. The molecule has 0 fully saturated rings. The molecule has 1 atom stereocenters. The summed E-state index contributed by atoms with van der Waals surface area (Å²) in [5.74, 6) is 0.